The first-order chi connectivity index (χ1) is 10.6. The predicted octanol–water partition coefficient (Wildman–Crippen LogP) is 1.79. The Bertz CT molecular complexity index is 712. The lowest BCUT2D eigenvalue weighted by molar-refractivity contribution is -0.120. The van der Waals surface area contributed by atoms with E-state index >= 15 is 0 Å². The maximum Gasteiger partial charge on any atom is 0.233 e. The van der Waals surface area contributed by atoms with Crippen LogP contribution in [-0.4, -0.2) is 33.8 Å². The van der Waals surface area contributed by atoms with E-state index in [0.717, 1.165) is 5.69 Å². The average Bonchev–Trinajstić information content (AvgIpc) is 3.13. The molecule has 1 aliphatic carbocycles. The highest BCUT2D eigenvalue weighted by molar-refractivity contribution is 6.32. The monoisotopic (exact) mass is 317 g/mol. The number of nitrogens with two attached hydrogens (primary N) is 1. The highest BCUT2D eigenvalue weighted by atomic mass is 35.5. The molecule has 1 aliphatic rings. The molecule has 0 aliphatic heterocycles. The summed E-state index contributed by atoms with van der Waals surface area (Å²) in [7, 11) is 1.69. The van der Waals surface area contributed by atoms with Crippen molar-refractivity contribution in [3.63, 3.8) is 0 Å². The lowest BCUT2D eigenvalue weighted by Gasteiger charge is -2.19. The topological polar surface area (TPSA) is 77.0 Å². The van der Waals surface area contributed by atoms with E-state index in [-0.39, 0.29) is 23.0 Å². The number of amides is 1. The van der Waals surface area contributed by atoms with Gasteiger partial charge >= 0.3 is 0 Å². The van der Waals surface area contributed by atoms with Gasteiger partial charge < -0.3 is 10.6 Å². The van der Waals surface area contributed by atoms with Gasteiger partial charge in [0.1, 0.15) is 5.69 Å². The molecule has 1 amide bonds. The van der Waals surface area contributed by atoms with E-state index in [2.05, 4.69) is 10.1 Å². The van der Waals surface area contributed by atoms with E-state index in [9.17, 15) is 4.79 Å². The fourth-order valence-electron chi connectivity index (χ4n) is 2.47. The molecule has 3 rings (SSSR count). The fourth-order valence-corrected chi connectivity index (χ4v) is 2.73. The van der Waals surface area contributed by atoms with Crippen LogP contribution in [0, 0.1) is 5.92 Å². The summed E-state index contributed by atoms with van der Waals surface area (Å²) in [6.45, 7) is 0. The standard InChI is InChI=1S/C15H16ClN5O/c1-20(15(22)10-4-5-11(17)7-10)13-9-21(19-14(13)16)12-3-2-6-18-8-12/h2-6,8-11H,7,17H2,1H3/t10-,11+/m1/s1. The van der Waals surface area contributed by atoms with Crippen molar-refractivity contribution < 1.29 is 4.79 Å². The molecular formula is C15H16ClN5O. The maximum atomic E-state index is 12.5. The Balaban J connectivity index is 1.84. The number of rotatable bonds is 3. The van der Waals surface area contributed by atoms with Crippen LogP contribution < -0.4 is 10.6 Å². The van der Waals surface area contributed by atoms with Gasteiger partial charge in [-0.05, 0) is 18.6 Å². The zero-order valence-corrected chi connectivity index (χ0v) is 12.8. The predicted molar refractivity (Wildman–Crippen MR) is 85.0 cm³/mol. The minimum Gasteiger partial charge on any atom is -0.324 e. The number of anilines is 1. The molecule has 114 valence electrons. The van der Waals surface area contributed by atoms with Gasteiger partial charge in [0.05, 0.1) is 24.0 Å². The highest BCUT2D eigenvalue weighted by Gasteiger charge is 2.28. The third kappa shape index (κ3) is 2.75. The molecular weight excluding hydrogens is 302 g/mol. The van der Waals surface area contributed by atoms with Crippen molar-refractivity contribution >= 4 is 23.2 Å². The Kier molecular flexibility index (Phi) is 3.96. The third-order valence-electron chi connectivity index (χ3n) is 3.69. The summed E-state index contributed by atoms with van der Waals surface area (Å²) in [5.41, 5.74) is 7.14. The smallest absolute Gasteiger partial charge is 0.233 e. The molecule has 0 saturated carbocycles. The number of hydrogen-bond acceptors (Lipinski definition) is 4. The van der Waals surface area contributed by atoms with Gasteiger partial charge in [0.2, 0.25) is 5.91 Å². The van der Waals surface area contributed by atoms with Crippen molar-refractivity contribution in [2.24, 2.45) is 11.7 Å². The minimum absolute atomic E-state index is 0.0446. The highest BCUT2D eigenvalue weighted by Crippen LogP contribution is 2.28. The summed E-state index contributed by atoms with van der Waals surface area (Å²) in [6.07, 6.45) is 9.40. The summed E-state index contributed by atoms with van der Waals surface area (Å²) in [6, 6.07) is 3.61. The molecule has 0 spiro atoms. The van der Waals surface area contributed by atoms with Crippen molar-refractivity contribution in [1.29, 1.82) is 0 Å². The number of hydrogen-bond donors (Lipinski definition) is 1. The van der Waals surface area contributed by atoms with E-state index < -0.39 is 0 Å². The van der Waals surface area contributed by atoms with Gasteiger partial charge in [-0.15, -0.1) is 0 Å². The molecule has 2 aromatic heterocycles. The molecule has 0 aromatic carbocycles. The molecule has 0 fully saturated rings. The van der Waals surface area contributed by atoms with E-state index in [0.29, 0.717) is 12.1 Å². The van der Waals surface area contributed by atoms with E-state index in [4.69, 9.17) is 17.3 Å². The second kappa shape index (κ2) is 5.90. The molecule has 2 heterocycles. The number of nitrogens with zero attached hydrogens (tertiary/aromatic N) is 4. The largest absolute Gasteiger partial charge is 0.324 e. The van der Waals surface area contributed by atoms with Crippen molar-refractivity contribution in [3.05, 3.63) is 48.0 Å². The molecule has 2 atom stereocenters. The maximum absolute atomic E-state index is 12.5. The molecule has 2 aromatic rings. The second-order valence-corrected chi connectivity index (χ2v) is 5.61. The van der Waals surface area contributed by atoms with E-state index in [1.807, 2.05) is 24.3 Å². The van der Waals surface area contributed by atoms with Crippen LogP contribution in [0.4, 0.5) is 5.69 Å². The number of halogens is 1. The van der Waals surface area contributed by atoms with Gasteiger partial charge in [0, 0.05) is 19.3 Å². The van der Waals surface area contributed by atoms with Gasteiger partial charge in [-0.2, -0.15) is 5.10 Å². The van der Waals surface area contributed by atoms with Crippen LogP contribution >= 0.6 is 11.6 Å². The number of aromatic nitrogens is 3. The Morgan fingerprint density at radius 3 is 2.95 bits per heavy atom. The third-order valence-corrected chi connectivity index (χ3v) is 3.96. The summed E-state index contributed by atoms with van der Waals surface area (Å²) < 4.78 is 1.60. The van der Waals surface area contributed by atoms with Crippen molar-refractivity contribution in [1.82, 2.24) is 14.8 Å². The lowest BCUT2D eigenvalue weighted by atomic mass is 10.1. The minimum atomic E-state index is -0.210. The number of carbonyl (C=O) groups excluding carboxylic acids is 1. The fraction of sp³-hybridized carbons (Fsp3) is 0.267. The Morgan fingerprint density at radius 1 is 1.50 bits per heavy atom. The molecule has 0 bridgehead atoms. The molecule has 22 heavy (non-hydrogen) atoms. The zero-order chi connectivity index (χ0) is 15.7. The SMILES string of the molecule is CN(C(=O)[C@@H]1C=C[C@H](N)C1)c1cn(-c2cccnc2)nc1Cl. The van der Waals surface area contributed by atoms with Gasteiger partial charge in [-0.25, -0.2) is 4.68 Å². The first-order valence-corrected chi connectivity index (χ1v) is 7.31. The lowest BCUT2D eigenvalue weighted by Crippen LogP contribution is -2.32. The zero-order valence-electron chi connectivity index (χ0n) is 12.1. The van der Waals surface area contributed by atoms with Crippen LogP contribution in [0.1, 0.15) is 6.42 Å². The molecule has 0 saturated heterocycles. The molecule has 6 nitrogen and oxygen atoms in total. The van der Waals surface area contributed by atoms with Crippen molar-refractivity contribution in [2.45, 2.75) is 12.5 Å². The van der Waals surface area contributed by atoms with Crippen LogP contribution in [0.2, 0.25) is 5.15 Å². The van der Waals surface area contributed by atoms with Gasteiger partial charge in [0.15, 0.2) is 5.15 Å². The van der Waals surface area contributed by atoms with Crippen LogP contribution in [0.25, 0.3) is 5.69 Å². The second-order valence-electron chi connectivity index (χ2n) is 5.25. The first-order valence-electron chi connectivity index (χ1n) is 6.93. The normalized spacial score (nSPS) is 20.3. The van der Waals surface area contributed by atoms with Crippen LogP contribution in [0.5, 0.6) is 0 Å². The molecule has 7 heteroatoms. The van der Waals surface area contributed by atoms with Crippen molar-refractivity contribution in [2.75, 3.05) is 11.9 Å². The first kappa shape index (κ1) is 14.7. The average molecular weight is 318 g/mol. The summed E-state index contributed by atoms with van der Waals surface area (Å²) in [4.78, 5) is 18.1. The van der Waals surface area contributed by atoms with Crippen molar-refractivity contribution in [3.8, 4) is 5.69 Å². The molecule has 0 radical (unpaired) electrons. The van der Waals surface area contributed by atoms with Gasteiger partial charge in [-0.1, -0.05) is 23.8 Å². The number of carbonyl (C=O) groups is 1. The molecule has 0 unspecified atom stereocenters. The number of pyridine rings is 1. The van der Waals surface area contributed by atoms with Crippen LogP contribution in [0.15, 0.2) is 42.9 Å². The van der Waals surface area contributed by atoms with Crippen LogP contribution in [0.3, 0.4) is 0 Å². The van der Waals surface area contributed by atoms with E-state index in [1.54, 1.807) is 30.3 Å². The summed E-state index contributed by atoms with van der Waals surface area (Å²) >= 11 is 6.18. The quantitative estimate of drug-likeness (QED) is 0.876. The van der Waals surface area contributed by atoms with Gasteiger partial charge in [-0.3, -0.25) is 9.78 Å². The van der Waals surface area contributed by atoms with Crippen LogP contribution in [-0.2, 0) is 4.79 Å². The Labute approximate surface area is 133 Å². The Morgan fingerprint density at radius 2 is 2.32 bits per heavy atom. The summed E-state index contributed by atoms with van der Waals surface area (Å²) in [5.74, 6) is -0.255. The van der Waals surface area contributed by atoms with E-state index in [1.165, 1.54) is 4.90 Å². The van der Waals surface area contributed by atoms with Gasteiger partial charge in [0.25, 0.3) is 0 Å². The summed E-state index contributed by atoms with van der Waals surface area (Å²) in [5, 5.41) is 4.50. The molecule has 2 N–H and O–H groups in total. The Hall–Kier alpha value is -2.18.